The lowest BCUT2D eigenvalue weighted by molar-refractivity contribution is 1.08. The van der Waals surface area contributed by atoms with Crippen molar-refractivity contribution in [1.82, 2.24) is 4.57 Å². The highest BCUT2D eigenvalue weighted by molar-refractivity contribution is 6.03. The van der Waals surface area contributed by atoms with Crippen molar-refractivity contribution in [3.8, 4) is 27.9 Å². The minimum atomic E-state index is 0.977. The van der Waals surface area contributed by atoms with Crippen LogP contribution in [0.15, 0.2) is 78.9 Å². The van der Waals surface area contributed by atoms with Crippen LogP contribution in [0, 0.1) is 0 Å². The van der Waals surface area contributed by atoms with Crippen molar-refractivity contribution in [2.75, 3.05) is 0 Å². The summed E-state index contributed by atoms with van der Waals surface area (Å²) in [4.78, 5) is 0. The molecule has 0 N–H and O–H groups in total. The van der Waals surface area contributed by atoms with Crippen molar-refractivity contribution in [3.05, 3.63) is 89.4 Å². The summed E-state index contributed by atoms with van der Waals surface area (Å²) >= 11 is 0. The van der Waals surface area contributed by atoms with Gasteiger partial charge in [0.2, 0.25) is 0 Å². The van der Waals surface area contributed by atoms with Crippen molar-refractivity contribution in [2.24, 2.45) is 0 Å². The lowest BCUT2D eigenvalue weighted by Gasteiger charge is -2.11. The average molecular weight is 452 g/mol. The van der Waals surface area contributed by atoms with E-state index in [0.29, 0.717) is 0 Å². The van der Waals surface area contributed by atoms with Crippen LogP contribution in [-0.2, 0) is 0 Å². The molecule has 1 aliphatic carbocycles. The second-order valence-corrected chi connectivity index (χ2v) is 6.93. The SMILES string of the molecule is C1=CCC=c2c(n3c4c(cccc24)-c2ccccc2-c2ccccc2-3)=C1.CC.CC.CC.CC. The van der Waals surface area contributed by atoms with Gasteiger partial charge < -0.3 is 4.57 Å². The van der Waals surface area contributed by atoms with Crippen molar-refractivity contribution in [3.63, 3.8) is 0 Å². The molecule has 0 unspecified atom stereocenters. The quantitative estimate of drug-likeness (QED) is 0.221. The highest BCUT2D eigenvalue weighted by Gasteiger charge is 2.22. The molecule has 1 aliphatic heterocycles. The predicted molar refractivity (Wildman–Crippen MR) is 155 cm³/mol. The van der Waals surface area contributed by atoms with E-state index in [0.717, 1.165) is 6.42 Å². The summed E-state index contributed by atoms with van der Waals surface area (Å²) in [6.45, 7) is 16.0. The summed E-state index contributed by atoms with van der Waals surface area (Å²) in [6.07, 6.45) is 10.00. The van der Waals surface area contributed by atoms with Gasteiger partial charge in [0.1, 0.15) is 0 Å². The van der Waals surface area contributed by atoms with E-state index in [1.807, 2.05) is 55.4 Å². The number of benzene rings is 3. The van der Waals surface area contributed by atoms with Crippen LogP contribution in [0.5, 0.6) is 0 Å². The zero-order valence-electron chi connectivity index (χ0n) is 22.3. The van der Waals surface area contributed by atoms with Crippen LogP contribution in [0.3, 0.4) is 0 Å². The van der Waals surface area contributed by atoms with Gasteiger partial charge in [0.25, 0.3) is 0 Å². The average Bonchev–Trinajstić information content (AvgIpc) is 3.06. The van der Waals surface area contributed by atoms with Crippen LogP contribution < -0.4 is 10.6 Å². The Morgan fingerprint density at radius 2 is 1.15 bits per heavy atom. The first-order chi connectivity index (χ1) is 16.9. The molecule has 2 heterocycles. The van der Waals surface area contributed by atoms with E-state index in [1.54, 1.807) is 0 Å². The number of nitrogens with zero attached hydrogens (tertiary/aromatic N) is 1. The Bertz CT molecular complexity index is 1350. The zero-order chi connectivity index (χ0) is 25.1. The number of fused-ring (bicyclic) bond motifs is 8. The number of allylic oxidation sites excluding steroid dienone is 2. The first-order valence-corrected chi connectivity index (χ1v) is 13.1. The number of rotatable bonds is 0. The number of aromatic nitrogens is 1. The van der Waals surface area contributed by atoms with Gasteiger partial charge in [-0.15, -0.1) is 0 Å². The van der Waals surface area contributed by atoms with Gasteiger partial charge in [0.15, 0.2) is 0 Å². The summed E-state index contributed by atoms with van der Waals surface area (Å²) in [5.74, 6) is 0. The summed E-state index contributed by atoms with van der Waals surface area (Å²) in [5, 5.41) is 3.96. The molecule has 0 bridgehead atoms. The lowest BCUT2D eigenvalue weighted by Crippen LogP contribution is -2.28. The van der Waals surface area contributed by atoms with Crippen molar-refractivity contribution >= 4 is 23.1 Å². The van der Waals surface area contributed by atoms with Gasteiger partial charge in [-0.2, -0.15) is 0 Å². The normalized spacial score (nSPS) is 11.2. The fourth-order valence-electron chi connectivity index (χ4n) is 4.50. The number of hydrogen-bond acceptors (Lipinski definition) is 0. The molecule has 0 saturated carbocycles. The van der Waals surface area contributed by atoms with Crippen LogP contribution >= 0.6 is 0 Å². The lowest BCUT2D eigenvalue weighted by atomic mass is 9.94. The monoisotopic (exact) mass is 451 g/mol. The molecule has 0 spiro atoms. The first kappa shape index (κ1) is 26.9. The third kappa shape index (κ3) is 4.66. The Morgan fingerprint density at radius 1 is 0.588 bits per heavy atom. The van der Waals surface area contributed by atoms with E-state index in [4.69, 9.17) is 0 Å². The maximum atomic E-state index is 2.46. The van der Waals surface area contributed by atoms with Gasteiger partial charge in [-0.3, -0.25) is 0 Å². The molecule has 1 heteroatoms. The second kappa shape index (κ2) is 13.4. The van der Waals surface area contributed by atoms with E-state index >= 15 is 0 Å². The van der Waals surface area contributed by atoms with Crippen molar-refractivity contribution in [2.45, 2.75) is 61.8 Å². The van der Waals surface area contributed by atoms with Crippen LogP contribution in [0.1, 0.15) is 61.8 Å². The molecular formula is C33H41N. The maximum absolute atomic E-state index is 2.46. The summed E-state index contributed by atoms with van der Waals surface area (Å²) < 4.78 is 2.46. The maximum Gasteiger partial charge on any atom is 0.0619 e. The first-order valence-electron chi connectivity index (χ1n) is 13.1. The Kier molecular flexibility index (Phi) is 10.6. The van der Waals surface area contributed by atoms with E-state index in [9.17, 15) is 0 Å². The molecule has 3 aromatic carbocycles. The topological polar surface area (TPSA) is 4.93 Å². The van der Waals surface area contributed by atoms with E-state index in [1.165, 1.54) is 49.4 Å². The molecule has 178 valence electrons. The molecular weight excluding hydrogens is 410 g/mol. The summed E-state index contributed by atoms with van der Waals surface area (Å²) in [5.41, 5.74) is 7.80. The van der Waals surface area contributed by atoms with Gasteiger partial charge >= 0.3 is 0 Å². The summed E-state index contributed by atoms with van der Waals surface area (Å²) in [7, 11) is 0. The highest BCUT2D eigenvalue weighted by Crippen LogP contribution is 2.41. The molecule has 0 amide bonds. The molecule has 1 aromatic heterocycles. The van der Waals surface area contributed by atoms with Gasteiger partial charge in [0, 0.05) is 21.7 Å². The van der Waals surface area contributed by atoms with Gasteiger partial charge in [-0.05, 0) is 29.7 Å². The van der Waals surface area contributed by atoms with E-state index in [-0.39, 0.29) is 0 Å². The second-order valence-electron chi connectivity index (χ2n) is 6.93. The van der Waals surface area contributed by atoms with Crippen LogP contribution in [0.2, 0.25) is 0 Å². The fourth-order valence-corrected chi connectivity index (χ4v) is 4.50. The molecule has 2 aliphatic rings. The fraction of sp³-hybridized carbons (Fsp3) is 0.273. The molecule has 34 heavy (non-hydrogen) atoms. The number of hydrogen-bond donors (Lipinski definition) is 0. The Morgan fingerprint density at radius 3 is 1.82 bits per heavy atom. The van der Waals surface area contributed by atoms with Crippen LogP contribution in [0.25, 0.3) is 51.0 Å². The van der Waals surface area contributed by atoms with Crippen LogP contribution in [0.4, 0.5) is 0 Å². The third-order valence-electron chi connectivity index (χ3n) is 5.57. The minimum Gasteiger partial charge on any atom is -0.308 e. The van der Waals surface area contributed by atoms with Crippen molar-refractivity contribution in [1.29, 1.82) is 0 Å². The Hall–Kier alpha value is -3.32. The van der Waals surface area contributed by atoms with Crippen molar-refractivity contribution < 1.29 is 0 Å². The third-order valence-corrected chi connectivity index (χ3v) is 5.57. The van der Waals surface area contributed by atoms with Gasteiger partial charge in [0.05, 0.1) is 16.6 Å². The van der Waals surface area contributed by atoms with E-state index < -0.39 is 0 Å². The predicted octanol–water partition coefficient (Wildman–Crippen LogP) is 8.90. The zero-order valence-corrected chi connectivity index (χ0v) is 22.3. The molecule has 0 atom stereocenters. The molecule has 0 fully saturated rings. The Labute approximate surface area is 206 Å². The standard InChI is InChI=1S/C25H17N.4C2H6/c1-2-11-20-22-14-8-13-21-18-10-5-4-9-17(18)19-12-6-7-16-23(19)26(25(21)22)24(20)15-3-1;4*1-2/h1,3-16H,2H2;4*1-2H3. The highest BCUT2D eigenvalue weighted by atomic mass is 15.0. The molecule has 1 nitrogen and oxygen atoms in total. The van der Waals surface area contributed by atoms with Gasteiger partial charge in [-0.25, -0.2) is 0 Å². The number of para-hydroxylation sites is 2. The summed E-state index contributed by atoms with van der Waals surface area (Å²) in [6, 6.07) is 24.3. The van der Waals surface area contributed by atoms with Crippen LogP contribution in [-0.4, -0.2) is 4.57 Å². The van der Waals surface area contributed by atoms with E-state index in [2.05, 4.69) is 95.6 Å². The molecule has 4 aromatic rings. The molecule has 6 rings (SSSR count). The molecule has 0 saturated heterocycles. The Balaban J connectivity index is 0.000000467. The van der Waals surface area contributed by atoms with Gasteiger partial charge in [-0.1, -0.05) is 134 Å². The largest absolute Gasteiger partial charge is 0.308 e. The smallest absolute Gasteiger partial charge is 0.0619 e. The minimum absolute atomic E-state index is 0.977. The molecule has 0 radical (unpaired) electrons.